The van der Waals surface area contributed by atoms with Gasteiger partial charge in [-0.2, -0.15) is 5.10 Å². The molecule has 1 N–H and O–H groups in total. The molecule has 1 saturated heterocycles. The third-order valence-electron chi connectivity index (χ3n) is 5.27. The fourth-order valence-electron chi connectivity index (χ4n) is 3.57. The Morgan fingerprint density at radius 3 is 2.87 bits per heavy atom. The van der Waals surface area contributed by atoms with Crippen molar-refractivity contribution >= 4 is 5.96 Å². The van der Waals surface area contributed by atoms with E-state index < -0.39 is 0 Å². The van der Waals surface area contributed by atoms with Crippen molar-refractivity contribution in [1.29, 1.82) is 0 Å². The molecule has 0 bridgehead atoms. The molecule has 1 fully saturated rings. The number of aromatic nitrogens is 2. The van der Waals surface area contributed by atoms with Gasteiger partial charge in [-0.05, 0) is 29.8 Å². The molecule has 8 nitrogen and oxygen atoms in total. The predicted molar refractivity (Wildman–Crippen MR) is 118 cm³/mol. The minimum atomic E-state index is -0.0273. The van der Waals surface area contributed by atoms with Gasteiger partial charge >= 0.3 is 0 Å². The smallest absolute Gasteiger partial charge is 0.194 e. The highest BCUT2D eigenvalue weighted by molar-refractivity contribution is 5.80. The molecular formula is C23H29N5O3. The van der Waals surface area contributed by atoms with Crippen LogP contribution in [0, 0.1) is 0 Å². The Balaban J connectivity index is 1.45. The average Bonchev–Trinajstić information content (AvgIpc) is 3.48. The molecule has 1 atom stereocenters. The van der Waals surface area contributed by atoms with E-state index in [9.17, 15) is 0 Å². The maximum atomic E-state index is 6.00. The van der Waals surface area contributed by atoms with Crippen LogP contribution in [0.2, 0.25) is 0 Å². The van der Waals surface area contributed by atoms with Crippen LogP contribution in [-0.4, -0.2) is 54.0 Å². The number of morpholine rings is 1. The Morgan fingerprint density at radius 2 is 2.16 bits per heavy atom. The number of benzene rings is 1. The second kappa shape index (κ2) is 10.2. The lowest BCUT2D eigenvalue weighted by molar-refractivity contribution is -0.00807. The highest BCUT2D eigenvalue weighted by Gasteiger charge is 2.25. The Labute approximate surface area is 182 Å². The molecule has 31 heavy (non-hydrogen) atoms. The number of rotatable bonds is 7. The SMILES string of the molecule is COc1ccc(CN=C(NCCc2ccco2)N2CCOC(c3cnn(C)c3)C2)cc1. The van der Waals surface area contributed by atoms with Crippen LogP contribution < -0.4 is 10.1 Å². The molecule has 1 aromatic carbocycles. The summed E-state index contributed by atoms with van der Waals surface area (Å²) in [5, 5.41) is 7.79. The van der Waals surface area contributed by atoms with Crippen LogP contribution in [0.25, 0.3) is 0 Å². The summed E-state index contributed by atoms with van der Waals surface area (Å²) >= 11 is 0. The first-order valence-electron chi connectivity index (χ1n) is 10.5. The van der Waals surface area contributed by atoms with Crippen molar-refractivity contribution in [3.8, 4) is 5.75 Å². The first-order chi connectivity index (χ1) is 15.2. The number of aliphatic imine (C=N–C) groups is 1. The summed E-state index contributed by atoms with van der Waals surface area (Å²) in [6, 6.07) is 11.9. The Morgan fingerprint density at radius 1 is 1.29 bits per heavy atom. The first kappa shape index (κ1) is 21.0. The van der Waals surface area contributed by atoms with Gasteiger partial charge in [0.2, 0.25) is 0 Å². The lowest BCUT2D eigenvalue weighted by Gasteiger charge is -2.35. The van der Waals surface area contributed by atoms with E-state index in [1.807, 2.05) is 55.8 Å². The van der Waals surface area contributed by atoms with Gasteiger partial charge in [0.15, 0.2) is 5.96 Å². The Hall–Kier alpha value is -3.26. The van der Waals surface area contributed by atoms with Crippen molar-refractivity contribution in [3.63, 3.8) is 0 Å². The van der Waals surface area contributed by atoms with Crippen LogP contribution in [0.15, 0.2) is 64.5 Å². The van der Waals surface area contributed by atoms with Crippen molar-refractivity contribution < 1.29 is 13.9 Å². The van der Waals surface area contributed by atoms with E-state index in [2.05, 4.69) is 15.3 Å². The average molecular weight is 424 g/mol. The van der Waals surface area contributed by atoms with Crippen molar-refractivity contribution in [1.82, 2.24) is 20.0 Å². The Bertz CT molecular complexity index is 966. The second-order valence-electron chi connectivity index (χ2n) is 7.50. The minimum absolute atomic E-state index is 0.0273. The van der Waals surface area contributed by atoms with E-state index in [0.29, 0.717) is 13.2 Å². The number of hydrogen-bond acceptors (Lipinski definition) is 5. The summed E-state index contributed by atoms with van der Waals surface area (Å²) in [4.78, 5) is 7.17. The number of nitrogens with zero attached hydrogens (tertiary/aromatic N) is 4. The molecular weight excluding hydrogens is 394 g/mol. The lowest BCUT2D eigenvalue weighted by Crippen LogP contribution is -2.48. The van der Waals surface area contributed by atoms with Gasteiger partial charge in [-0.25, -0.2) is 4.99 Å². The highest BCUT2D eigenvalue weighted by Crippen LogP contribution is 2.22. The molecule has 1 aliphatic rings. The third kappa shape index (κ3) is 5.67. The maximum absolute atomic E-state index is 6.00. The van der Waals surface area contributed by atoms with Gasteiger partial charge in [0.05, 0.1) is 39.3 Å². The number of furan rings is 1. The van der Waals surface area contributed by atoms with Crippen molar-refractivity contribution in [2.24, 2.45) is 12.0 Å². The van der Waals surface area contributed by atoms with Crippen LogP contribution in [0.1, 0.15) is 23.0 Å². The summed E-state index contributed by atoms with van der Waals surface area (Å²) in [5.41, 5.74) is 2.21. The number of hydrogen-bond donors (Lipinski definition) is 1. The van der Waals surface area contributed by atoms with E-state index in [4.69, 9.17) is 18.9 Å². The topological polar surface area (TPSA) is 77.1 Å². The predicted octanol–water partition coefficient (Wildman–Crippen LogP) is 2.78. The lowest BCUT2D eigenvalue weighted by atomic mass is 10.1. The van der Waals surface area contributed by atoms with E-state index in [-0.39, 0.29) is 6.10 Å². The molecule has 3 aromatic rings. The molecule has 0 amide bonds. The van der Waals surface area contributed by atoms with Crippen molar-refractivity contribution in [2.75, 3.05) is 33.4 Å². The van der Waals surface area contributed by atoms with E-state index in [1.165, 1.54) is 0 Å². The number of nitrogens with one attached hydrogen (secondary N) is 1. The summed E-state index contributed by atoms with van der Waals surface area (Å²) in [6.07, 6.45) is 6.35. The highest BCUT2D eigenvalue weighted by atomic mass is 16.5. The number of aryl methyl sites for hydroxylation is 1. The quantitative estimate of drug-likeness (QED) is 0.465. The van der Waals surface area contributed by atoms with Gasteiger partial charge in [-0.15, -0.1) is 0 Å². The van der Waals surface area contributed by atoms with Crippen LogP contribution in [0.5, 0.6) is 5.75 Å². The molecule has 4 rings (SSSR count). The fourth-order valence-corrected chi connectivity index (χ4v) is 3.57. The van der Waals surface area contributed by atoms with E-state index >= 15 is 0 Å². The molecule has 1 aliphatic heterocycles. The zero-order valence-electron chi connectivity index (χ0n) is 18.0. The molecule has 0 saturated carbocycles. The zero-order valence-corrected chi connectivity index (χ0v) is 18.0. The van der Waals surface area contributed by atoms with Crippen LogP contribution in [0.3, 0.4) is 0 Å². The number of methoxy groups -OCH3 is 1. The molecule has 0 spiro atoms. The maximum Gasteiger partial charge on any atom is 0.194 e. The molecule has 164 valence electrons. The molecule has 0 radical (unpaired) electrons. The monoisotopic (exact) mass is 423 g/mol. The van der Waals surface area contributed by atoms with Gasteiger partial charge in [-0.1, -0.05) is 12.1 Å². The largest absolute Gasteiger partial charge is 0.497 e. The standard InChI is InChI=1S/C23H29N5O3/c1-27-16-19(15-26-27)22-17-28(11-13-31-22)23(24-10-9-21-4-3-12-30-21)25-14-18-5-7-20(29-2)8-6-18/h3-8,12,15-16,22H,9-11,13-14,17H2,1-2H3,(H,24,25). The first-order valence-corrected chi connectivity index (χ1v) is 10.5. The van der Waals surface area contributed by atoms with E-state index in [1.54, 1.807) is 18.1 Å². The van der Waals surface area contributed by atoms with Crippen LogP contribution in [-0.2, 0) is 24.8 Å². The molecule has 3 heterocycles. The molecule has 0 aliphatic carbocycles. The molecule has 2 aromatic heterocycles. The molecule has 1 unspecified atom stereocenters. The van der Waals surface area contributed by atoms with Crippen molar-refractivity contribution in [2.45, 2.75) is 19.1 Å². The summed E-state index contributed by atoms with van der Waals surface area (Å²) in [5.74, 6) is 2.67. The van der Waals surface area contributed by atoms with Gasteiger partial charge in [0.25, 0.3) is 0 Å². The second-order valence-corrected chi connectivity index (χ2v) is 7.50. The van der Waals surface area contributed by atoms with Crippen molar-refractivity contribution in [3.05, 3.63) is 71.9 Å². The minimum Gasteiger partial charge on any atom is -0.497 e. The van der Waals surface area contributed by atoms with Gasteiger partial charge in [-0.3, -0.25) is 4.68 Å². The van der Waals surface area contributed by atoms with Gasteiger partial charge in [0.1, 0.15) is 17.6 Å². The Kier molecular flexibility index (Phi) is 6.89. The normalized spacial score (nSPS) is 17.0. The zero-order chi connectivity index (χ0) is 21.5. The van der Waals surface area contributed by atoms with Crippen LogP contribution in [0.4, 0.5) is 0 Å². The summed E-state index contributed by atoms with van der Waals surface area (Å²) < 4.78 is 18.5. The van der Waals surface area contributed by atoms with Crippen LogP contribution >= 0.6 is 0 Å². The molecule has 8 heteroatoms. The fraction of sp³-hybridized carbons (Fsp3) is 0.391. The number of guanidine groups is 1. The van der Waals surface area contributed by atoms with Gasteiger partial charge in [0, 0.05) is 38.3 Å². The number of ether oxygens (including phenoxy) is 2. The summed E-state index contributed by atoms with van der Waals surface area (Å²) in [7, 11) is 3.59. The third-order valence-corrected chi connectivity index (χ3v) is 5.27. The van der Waals surface area contributed by atoms with Gasteiger partial charge < -0.3 is 24.1 Å². The van der Waals surface area contributed by atoms with E-state index in [0.717, 1.165) is 54.7 Å². The summed E-state index contributed by atoms with van der Waals surface area (Å²) in [6.45, 7) is 3.47.